The van der Waals surface area contributed by atoms with Crippen LogP contribution in [0.15, 0.2) is 18.2 Å². The molecule has 108 valence electrons. The van der Waals surface area contributed by atoms with Crippen LogP contribution >= 0.6 is 11.3 Å². The first kappa shape index (κ1) is 13.0. The van der Waals surface area contributed by atoms with Gasteiger partial charge in [0, 0.05) is 17.0 Å². The Morgan fingerprint density at radius 3 is 2.71 bits per heavy atom. The molecule has 5 heteroatoms. The summed E-state index contributed by atoms with van der Waals surface area (Å²) in [5, 5.41) is 0. The molecule has 1 aliphatic rings. The molecule has 2 aromatic heterocycles. The number of hydrogen-bond donors (Lipinski definition) is 1. The van der Waals surface area contributed by atoms with Crippen molar-refractivity contribution in [3.05, 3.63) is 40.3 Å². The van der Waals surface area contributed by atoms with E-state index in [0.29, 0.717) is 16.9 Å². The van der Waals surface area contributed by atoms with Crippen LogP contribution in [0.5, 0.6) is 0 Å². The smallest absolute Gasteiger partial charge is 0.161 e. The number of H-pyrrole nitrogens is 1. The Kier molecular flexibility index (Phi) is 3.03. The average Bonchev–Trinajstić information content (AvgIpc) is 2.98. The second-order valence-electron chi connectivity index (χ2n) is 5.49. The lowest BCUT2D eigenvalue weighted by Gasteiger charge is -1.92. The number of halogens is 2. The van der Waals surface area contributed by atoms with Gasteiger partial charge in [-0.3, -0.25) is 0 Å². The first-order valence-electron chi connectivity index (χ1n) is 7.17. The third kappa shape index (κ3) is 2.25. The van der Waals surface area contributed by atoms with Gasteiger partial charge in [-0.2, -0.15) is 0 Å². The molecule has 0 aliphatic heterocycles. The van der Waals surface area contributed by atoms with Gasteiger partial charge in [0.25, 0.3) is 0 Å². The molecule has 4 rings (SSSR count). The zero-order chi connectivity index (χ0) is 14.4. The van der Waals surface area contributed by atoms with Crippen molar-refractivity contribution in [3.63, 3.8) is 0 Å². The van der Waals surface area contributed by atoms with E-state index in [1.54, 1.807) is 11.3 Å². The summed E-state index contributed by atoms with van der Waals surface area (Å²) in [5.74, 6) is -1.00. The van der Waals surface area contributed by atoms with Gasteiger partial charge in [0.1, 0.15) is 5.82 Å². The highest BCUT2D eigenvalue weighted by atomic mass is 32.1. The molecule has 1 aromatic carbocycles. The largest absolute Gasteiger partial charge is 0.337 e. The van der Waals surface area contributed by atoms with Gasteiger partial charge in [0.15, 0.2) is 11.6 Å². The zero-order valence-electron chi connectivity index (χ0n) is 11.4. The standard InChI is InChI=1S/C16H14F2N2S/c17-10-7-12-13(8-11(10)18)20-16(19-12)15-6-9-4-2-1-3-5-14(9)21-15/h6-8H,1-5H2,(H,19,20). The first-order valence-corrected chi connectivity index (χ1v) is 7.99. The molecule has 3 aromatic rings. The van der Waals surface area contributed by atoms with Crippen molar-refractivity contribution in [2.24, 2.45) is 0 Å². The highest BCUT2D eigenvalue weighted by Crippen LogP contribution is 2.34. The molecule has 21 heavy (non-hydrogen) atoms. The third-order valence-electron chi connectivity index (χ3n) is 4.00. The van der Waals surface area contributed by atoms with Crippen molar-refractivity contribution in [3.8, 4) is 10.7 Å². The van der Waals surface area contributed by atoms with Crippen LogP contribution in [-0.4, -0.2) is 9.97 Å². The van der Waals surface area contributed by atoms with Crippen LogP contribution in [0, 0.1) is 11.6 Å². The van der Waals surface area contributed by atoms with Gasteiger partial charge in [0.05, 0.1) is 15.9 Å². The van der Waals surface area contributed by atoms with E-state index in [4.69, 9.17) is 0 Å². The Morgan fingerprint density at radius 2 is 1.81 bits per heavy atom. The Labute approximate surface area is 124 Å². The van der Waals surface area contributed by atoms with Crippen LogP contribution in [0.25, 0.3) is 21.7 Å². The number of aromatic nitrogens is 2. The fourth-order valence-corrected chi connectivity index (χ4v) is 4.10. The maximum absolute atomic E-state index is 13.3. The second-order valence-corrected chi connectivity index (χ2v) is 6.63. The maximum Gasteiger partial charge on any atom is 0.161 e. The van der Waals surface area contributed by atoms with Gasteiger partial charge in [-0.25, -0.2) is 13.8 Å². The average molecular weight is 304 g/mol. The molecular formula is C16H14F2N2S. The van der Waals surface area contributed by atoms with Crippen molar-refractivity contribution in [2.45, 2.75) is 32.1 Å². The Bertz CT molecular complexity index is 757. The molecule has 0 spiro atoms. The Hall–Kier alpha value is -1.75. The van der Waals surface area contributed by atoms with E-state index in [0.717, 1.165) is 23.8 Å². The van der Waals surface area contributed by atoms with E-state index in [9.17, 15) is 8.78 Å². The first-order chi connectivity index (χ1) is 10.2. The minimum Gasteiger partial charge on any atom is -0.337 e. The molecule has 0 atom stereocenters. The maximum atomic E-state index is 13.3. The lowest BCUT2D eigenvalue weighted by molar-refractivity contribution is 0.510. The number of aromatic amines is 1. The Morgan fingerprint density at radius 1 is 1.00 bits per heavy atom. The molecule has 1 N–H and O–H groups in total. The van der Waals surface area contributed by atoms with E-state index in [2.05, 4.69) is 16.0 Å². The molecule has 0 radical (unpaired) electrons. The SMILES string of the molecule is Fc1cc2nc(-c3cc4c(s3)CCCCC4)[nH]c2cc1F. The predicted molar refractivity (Wildman–Crippen MR) is 80.6 cm³/mol. The summed E-state index contributed by atoms with van der Waals surface area (Å²) in [6.07, 6.45) is 6.02. The minimum atomic E-state index is -0.859. The van der Waals surface area contributed by atoms with E-state index in [1.807, 2.05) is 0 Å². The normalized spacial score (nSPS) is 15.1. The fourth-order valence-electron chi connectivity index (χ4n) is 2.91. The van der Waals surface area contributed by atoms with Crippen molar-refractivity contribution < 1.29 is 8.78 Å². The molecule has 1 aliphatic carbocycles. The molecule has 0 amide bonds. The van der Waals surface area contributed by atoms with Gasteiger partial charge in [-0.05, 0) is 37.3 Å². The van der Waals surface area contributed by atoms with E-state index in [-0.39, 0.29) is 0 Å². The molecule has 0 fully saturated rings. The van der Waals surface area contributed by atoms with E-state index >= 15 is 0 Å². The number of benzene rings is 1. The van der Waals surface area contributed by atoms with Gasteiger partial charge >= 0.3 is 0 Å². The van der Waals surface area contributed by atoms with Crippen LogP contribution in [0.1, 0.15) is 29.7 Å². The van der Waals surface area contributed by atoms with Crippen LogP contribution in [0.3, 0.4) is 0 Å². The summed E-state index contributed by atoms with van der Waals surface area (Å²) < 4.78 is 26.5. The third-order valence-corrected chi connectivity index (χ3v) is 5.25. The summed E-state index contributed by atoms with van der Waals surface area (Å²) in [6.45, 7) is 0. The number of rotatable bonds is 1. The Balaban J connectivity index is 1.79. The monoisotopic (exact) mass is 304 g/mol. The topological polar surface area (TPSA) is 28.7 Å². The lowest BCUT2D eigenvalue weighted by atomic mass is 10.1. The molecule has 2 nitrogen and oxygen atoms in total. The molecule has 2 heterocycles. The summed E-state index contributed by atoms with van der Waals surface area (Å²) in [5.41, 5.74) is 2.41. The second kappa shape index (κ2) is 4.91. The highest BCUT2D eigenvalue weighted by Gasteiger charge is 2.16. The highest BCUT2D eigenvalue weighted by molar-refractivity contribution is 7.15. The van der Waals surface area contributed by atoms with Crippen molar-refractivity contribution in [2.75, 3.05) is 0 Å². The van der Waals surface area contributed by atoms with E-state index in [1.165, 1.54) is 35.8 Å². The van der Waals surface area contributed by atoms with Crippen molar-refractivity contribution in [1.29, 1.82) is 0 Å². The van der Waals surface area contributed by atoms with Crippen molar-refractivity contribution in [1.82, 2.24) is 9.97 Å². The van der Waals surface area contributed by atoms with Crippen LogP contribution in [0.2, 0.25) is 0 Å². The number of thiophene rings is 1. The molecular weight excluding hydrogens is 290 g/mol. The minimum absolute atomic E-state index is 0.465. The number of nitrogens with one attached hydrogen (secondary N) is 1. The van der Waals surface area contributed by atoms with E-state index < -0.39 is 11.6 Å². The fraction of sp³-hybridized carbons (Fsp3) is 0.312. The summed E-state index contributed by atoms with van der Waals surface area (Å²) in [6, 6.07) is 4.48. The van der Waals surface area contributed by atoms with Crippen LogP contribution in [-0.2, 0) is 12.8 Å². The van der Waals surface area contributed by atoms with Crippen LogP contribution < -0.4 is 0 Å². The predicted octanol–water partition coefficient (Wildman–Crippen LogP) is 4.84. The number of imidazole rings is 1. The molecule has 0 saturated heterocycles. The number of nitrogens with zero attached hydrogens (tertiary/aromatic N) is 1. The summed E-state index contributed by atoms with van der Waals surface area (Å²) >= 11 is 1.74. The van der Waals surface area contributed by atoms with Crippen molar-refractivity contribution >= 4 is 22.4 Å². The quantitative estimate of drug-likeness (QED) is 0.640. The van der Waals surface area contributed by atoms with Gasteiger partial charge < -0.3 is 4.98 Å². The van der Waals surface area contributed by atoms with Crippen LogP contribution in [0.4, 0.5) is 8.78 Å². The lowest BCUT2D eigenvalue weighted by Crippen LogP contribution is -1.82. The summed E-state index contributed by atoms with van der Waals surface area (Å²) in [7, 11) is 0. The molecule has 0 bridgehead atoms. The number of hydrogen-bond acceptors (Lipinski definition) is 2. The molecule has 0 saturated carbocycles. The van der Waals surface area contributed by atoms with Gasteiger partial charge in [0.2, 0.25) is 0 Å². The summed E-state index contributed by atoms with van der Waals surface area (Å²) in [4.78, 5) is 9.98. The zero-order valence-corrected chi connectivity index (χ0v) is 12.2. The van der Waals surface area contributed by atoms with Gasteiger partial charge in [-0.15, -0.1) is 11.3 Å². The number of fused-ring (bicyclic) bond motifs is 2. The number of aryl methyl sites for hydroxylation is 2. The van der Waals surface area contributed by atoms with Gasteiger partial charge in [-0.1, -0.05) is 6.42 Å². The molecule has 0 unspecified atom stereocenters.